The third-order valence-electron chi connectivity index (χ3n) is 5.18. The van der Waals surface area contributed by atoms with Crippen molar-refractivity contribution in [1.29, 1.82) is 0 Å². The monoisotopic (exact) mass is 543 g/mol. The van der Waals surface area contributed by atoms with Gasteiger partial charge in [-0.2, -0.15) is 4.98 Å². The second kappa shape index (κ2) is 10.4. The zero-order valence-corrected chi connectivity index (χ0v) is 20.1. The molecule has 0 aliphatic heterocycles. The number of rotatable bonds is 8. The number of benzene rings is 2. The molecule has 5 aromatic rings. The lowest BCUT2D eigenvalue weighted by molar-refractivity contribution is -0.274. The maximum Gasteiger partial charge on any atom is 0.573 e. The smallest absolute Gasteiger partial charge is 0.461 e. The molecule has 0 unspecified atom stereocenters. The third kappa shape index (κ3) is 6.03. The fraction of sp³-hybridized carbons (Fsp3) is 0.120. The van der Waals surface area contributed by atoms with E-state index in [4.69, 9.17) is 21.1 Å². The highest BCUT2D eigenvalue weighted by Crippen LogP contribution is 2.26. The molecule has 0 aliphatic rings. The highest BCUT2D eigenvalue weighted by atomic mass is 35.5. The van der Waals surface area contributed by atoms with Crippen LogP contribution in [0.5, 0.6) is 23.4 Å². The Labute approximate surface area is 217 Å². The topological polar surface area (TPSA) is 92.8 Å². The minimum Gasteiger partial charge on any atom is -0.461 e. The molecule has 2 aromatic carbocycles. The highest BCUT2D eigenvalue weighted by molar-refractivity contribution is 6.30. The molecule has 3 aromatic heterocycles. The molecule has 0 spiro atoms. The van der Waals surface area contributed by atoms with Crippen molar-refractivity contribution < 1.29 is 27.4 Å². The predicted molar refractivity (Wildman–Crippen MR) is 131 cm³/mol. The molecule has 5 rings (SSSR count). The van der Waals surface area contributed by atoms with Gasteiger partial charge in [-0.15, -0.1) is 18.3 Å². The summed E-state index contributed by atoms with van der Waals surface area (Å²) < 4.78 is 54.8. The van der Waals surface area contributed by atoms with Crippen molar-refractivity contribution in [2.75, 3.05) is 6.61 Å². The Morgan fingerprint density at radius 3 is 2.34 bits per heavy atom. The van der Waals surface area contributed by atoms with Gasteiger partial charge >= 0.3 is 18.1 Å². The van der Waals surface area contributed by atoms with Crippen LogP contribution in [-0.2, 0) is 6.54 Å². The summed E-state index contributed by atoms with van der Waals surface area (Å²) in [6, 6.07) is 17.1. The molecule has 0 saturated heterocycles. The maximum atomic E-state index is 12.8. The van der Waals surface area contributed by atoms with E-state index in [0.29, 0.717) is 27.5 Å². The number of fused-ring (bicyclic) bond motifs is 1. The number of alkyl halides is 3. The molecule has 0 atom stereocenters. The van der Waals surface area contributed by atoms with Crippen LogP contribution >= 0.6 is 11.6 Å². The number of hydrogen-bond donors (Lipinski definition) is 0. The van der Waals surface area contributed by atoms with Crippen LogP contribution in [0, 0.1) is 0 Å². The number of nitrogens with zero attached hydrogens (tertiary/aromatic N) is 5. The quantitative estimate of drug-likeness (QED) is 0.259. The summed E-state index contributed by atoms with van der Waals surface area (Å²) in [4.78, 5) is 21.1. The molecule has 38 heavy (non-hydrogen) atoms. The first kappa shape index (κ1) is 25.1. The molecule has 3 heterocycles. The van der Waals surface area contributed by atoms with Crippen LogP contribution in [-0.4, -0.2) is 37.1 Å². The van der Waals surface area contributed by atoms with E-state index >= 15 is 0 Å². The molecule has 0 N–H and O–H groups in total. The van der Waals surface area contributed by atoms with Gasteiger partial charge in [0, 0.05) is 23.5 Å². The lowest BCUT2D eigenvalue weighted by atomic mass is 10.1. The van der Waals surface area contributed by atoms with Crippen molar-refractivity contribution >= 4 is 17.2 Å². The highest BCUT2D eigenvalue weighted by Gasteiger charge is 2.31. The first-order chi connectivity index (χ1) is 18.2. The van der Waals surface area contributed by atoms with E-state index in [0.717, 1.165) is 0 Å². The van der Waals surface area contributed by atoms with E-state index in [1.807, 2.05) is 0 Å². The van der Waals surface area contributed by atoms with Crippen LogP contribution in [0.4, 0.5) is 13.2 Å². The fourth-order valence-electron chi connectivity index (χ4n) is 3.48. The van der Waals surface area contributed by atoms with Crippen molar-refractivity contribution in [1.82, 2.24) is 24.1 Å². The Morgan fingerprint density at radius 1 is 0.895 bits per heavy atom. The second-order valence-electron chi connectivity index (χ2n) is 7.81. The van der Waals surface area contributed by atoms with Gasteiger partial charge < -0.3 is 14.2 Å². The molecule has 9 nitrogen and oxygen atoms in total. The molecule has 13 heteroatoms. The lowest BCUT2D eigenvalue weighted by Crippen LogP contribution is -2.24. The van der Waals surface area contributed by atoms with Crippen molar-refractivity contribution in [2.45, 2.75) is 12.9 Å². The summed E-state index contributed by atoms with van der Waals surface area (Å²) in [6.07, 6.45) is -1.73. The van der Waals surface area contributed by atoms with Gasteiger partial charge in [0.15, 0.2) is 5.65 Å². The number of pyridine rings is 1. The van der Waals surface area contributed by atoms with Gasteiger partial charge in [-0.25, -0.2) is 18.9 Å². The molecule has 0 radical (unpaired) electrons. The first-order valence-electron chi connectivity index (χ1n) is 11.1. The summed E-state index contributed by atoms with van der Waals surface area (Å²) in [5.74, 6) is 0.478. The Bertz CT molecular complexity index is 1620. The van der Waals surface area contributed by atoms with Gasteiger partial charge in [0.2, 0.25) is 5.88 Å². The molecule has 0 saturated carbocycles. The molecule has 0 amide bonds. The Hall–Kier alpha value is -4.58. The molecule has 0 fully saturated rings. The van der Waals surface area contributed by atoms with Gasteiger partial charge in [-0.05, 0) is 59.7 Å². The van der Waals surface area contributed by atoms with E-state index in [2.05, 4.69) is 19.8 Å². The summed E-state index contributed by atoms with van der Waals surface area (Å²) in [5.41, 5.74) is 1.19. The van der Waals surface area contributed by atoms with Gasteiger partial charge in [0.25, 0.3) is 0 Å². The summed E-state index contributed by atoms with van der Waals surface area (Å²) >= 11 is 5.88. The van der Waals surface area contributed by atoms with Crippen molar-refractivity contribution in [3.8, 4) is 34.5 Å². The lowest BCUT2D eigenvalue weighted by Gasteiger charge is -2.09. The van der Waals surface area contributed by atoms with E-state index in [-0.39, 0.29) is 30.8 Å². The summed E-state index contributed by atoms with van der Waals surface area (Å²) in [7, 11) is 0. The predicted octanol–water partition coefficient (Wildman–Crippen LogP) is 5.38. The van der Waals surface area contributed by atoms with Crippen LogP contribution in [0.15, 0.2) is 83.9 Å². The molecular formula is C25H17ClF3N5O4. The van der Waals surface area contributed by atoms with Gasteiger partial charge in [-0.3, -0.25) is 0 Å². The van der Waals surface area contributed by atoms with Gasteiger partial charge in [0.1, 0.15) is 18.1 Å². The molecule has 0 aliphatic carbocycles. The van der Waals surface area contributed by atoms with Gasteiger partial charge in [0.05, 0.1) is 6.54 Å². The number of aromatic nitrogens is 5. The van der Waals surface area contributed by atoms with Crippen molar-refractivity contribution in [3.05, 3.63) is 94.6 Å². The second-order valence-corrected chi connectivity index (χ2v) is 8.24. The fourth-order valence-corrected chi connectivity index (χ4v) is 3.61. The number of halogens is 4. The maximum absolute atomic E-state index is 12.8. The summed E-state index contributed by atoms with van der Waals surface area (Å²) in [6.45, 7) is 0.173. The van der Waals surface area contributed by atoms with Crippen LogP contribution in [0.25, 0.3) is 16.8 Å². The number of ether oxygens (including phenoxy) is 3. The largest absolute Gasteiger partial charge is 0.573 e. The standard InChI is InChI=1S/C25H17ClF3N5O4/c26-18-4-8-19(9-5-18)37-22-11-12-30-23(31-22)36-14-13-34-24(35)33-15-17(3-10-21(33)32-34)16-1-6-20(7-2-16)38-25(27,28)29/h1-12,15H,13-14H2. The van der Waals surface area contributed by atoms with E-state index in [1.165, 1.54) is 39.5 Å². The molecular weight excluding hydrogens is 527 g/mol. The first-order valence-corrected chi connectivity index (χ1v) is 11.5. The molecule has 0 bridgehead atoms. The third-order valence-corrected chi connectivity index (χ3v) is 5.43. The van der Waals surface area contributed by atoms with Crippen LogP contribution in [0.3, 0.4) is 0 Å². The van der Waals surface area contributed by atoms with Crippen molar-refractivity contribution in [2.24, 2.45) is 0 Å². The van der Waals surface area contributed by atoms with E-state index in [9.17, 15) is 18.0 Å². The van der Waals surface area contributed by atoms with Gasteiger partial charge in [-0.1, -0.05) is 23.7 Å². The Morgan fingerprint density at radius 2 is 1.61 bits per heavy atom. The summed E-state index contributed by atoms with van der Waals surface area (Å²) in [5, 5.41) is 4.86. The van der Waals surface area contributed by atoms with E-state index < -0.39 is 12.1 Å². The Balaban J connectivity index is 1.24. The number of hydrogen-bond acceptors (Lipinski definition) is 7. The minimum atomic E-state index is -4.77. The SMILES string of the molecule is O=c1n(CCOc2nccc(Oc3ccc(Cl)cc3)n2)nc2ccc(-c3ccc(OC(F)(F)F)cc3)cn12. The zero-order chi connectivity index (χ0) is 26.7. The van der Waals surface area contributed by atoms with Crippen LogP contribution in [0.1, 0.15) is 0 Å². The Kier molecular flexibility index (Phi) is 6.88. The normalized spacial score (nSPS) is 11.5. The van der Waals surface area contributed by atoms with Crippen molar-refractivity contribution in [3.63, 3.8) is 0 Å². The molecule has 194 valence electrons. The average molecular weight is 544 g/mol. The average Bonchev–Trinajstić information content (AvgIpc) is 3.20. The minimum absolute atomic E-state index is 0.0573. The van der Waals surface area contributed by atoms with Crippen LogP contribution in [0.2, 0.25) is 5.02 Å². The zero-order valence-electron chi connectivity index (χ0n) is 19.3. The van der Waals surface area contributed by atoms with E-state index in [1.54, 1.807) is 48.7 Å². The van der Waals surface area contributed by atoms with Crippen LogP contribution < -0.4 is 19.9 Å².